The minimum atomic E-state index is 0.610. The SMILES string of the molecule is c1ccc2c(c1)CC2CNc1ccn2nccc2n1. The first-order valence-electron chi connectivity index (χ1n) is 6.52. The van der Waals surface area contributed by atoms with Crippen LogP contribution in [0.4, 0.5) is 5.82 Å². The number of nitrogens with one attached hydrogen (secondary N) is 1. The molecule has 1 N–H and O–H groups in total. The molecule has 3 aromatic rings. The summed E-state index contributed by atoms with van der Waals surface area (Å²) < 4.78 is 1.77. The summed E-state index contributed by atoms with van der Waals surface area (Å²) in [6.45, 7) is 0.939. The minimum absolute atomic E-state index is 0.610. The Kier molecular flexibility index (Phi) is 2.27. The van der Waals surface area contributed by atoms with Crippen LogP contribution < -0.4 is 5.32 Å². The molecule has 1 aromatic carbocycles. The van der Waals surface area contributed by atoms with E-state index in [1.807, 2.05) is 18.3 Å². The minimum Gasteiger partial charge on any atom is -0.369 e. The molecule has 0 amide bonds. The van der Waals surface area contributed by atoms with Crippen LogP contribution in [0.5, 0.6) is 0 Å². The third-order valence-corrected chi connectivity index (χ3v) is 3.75. The van der Waals surface area contributed by atoms with Crippen molar-refractivity contribution in [1.82, 2.24) is 14.6 Å². The predicted octanol–water partition coefficient (Wildman–Crippen LogP) is 2.48. The van der Waals surface area contributed by atoms with Crippen LogP contribution in [0.1, 0.15) is 17.0 Å². The lowest BCUT2D eigenvalue weighted by molar-refractivity contribution is 0.634. The van der Waals surface area contributed by atoms with Crippen molar-refractivity contribution >= 4 is 11.5 Å². The van der Waals surface area contributed by atoms with Crippen molar-refractivity contribution < 1.29 is 0 Å². The molecule has 1 aliphatic rings. The molecule has 0 bridgehead atoms. The number of fused-ring (bicyclic) bond motifs is 2. The molecule has 4 nitrogen and oxygen atoms in total. The summed E-state index contributed by atoms with van der Waals surface area (Å²) in [5.74, 6) is 1.52. The lowest BCUT2D eigenvalue weighted by Gasteiger charge is -2.30. The molecule has 1 aliphatic carbocycles. The average molecular weight is 250 g/mol. The van der Waals surface area contributed by atoms with Gasteiger partial charge in [0, 0.05) is 24.7 Å². The van der Waals surface area contributed by atoms with Gasteiger partial charge in [0.2, 0.25) is 0 Å². The van der Waals surface area contributed by atoms with Crippen molar-refractivity contribution in [2.24, 2.45) is 0 Å². The molecule has 0 aliphatic heterocycles. The summed E-state index contributed by atoms with van der Waals surface area (Å²) in [5, 5.41) is 7.56. The van der Waals surface area contributed by atoms with Crippen molar-refractivity contribution in [3.63, 3.8) is 0 Å². The van der Waals surface area contributed by atoms with Crippen LogP contribution in [-0.4, -0.2) is 21.1 Å². The number of benzene rings is 1. The highest BCUT2D eigenvalue weighted by molar-refractivity contribution is 5.47. The van der Waals surface area contributed by atoms with E-state index in [1.165, 1.54) is 11.1 Å². The zero-order valence-corrected chi connectivity index (χ0v) is 10.5. The molecule has 4 heteroatoms. The number of hydrogen-bond donors (Lipinski definition) is 1. The van der Waals surface area contributed by atoms with Crippen molar-refractivity contribution in [1.29, 1.82) is 0 Å². The van der Waals surface area contributed by atoms with Crippen LogP contribution in [0.25, 0.3) is 5.65 Å². The Morgan fingerprint density at radius 3 is 3.11 bits per heavy atom. The first kappa shape index (κ1) is 10.6. The van der Waals surface area contributed by atoms with E-state index < -0.39 is 0 Å². The van der Waals surface area contributed by atoms with Crippen LogP contribution in [0.2, 0.25) is 0 Å². The van der Waals surface area contributed by atoms with E-state index in [1.54, 1.807) is 10.7 Å². The summed E-state index contributed by atoms with van der Waals surface area (Å²) >= 11 is 0. The monoisotopic (exact) mass is 250 g/mol. The third-order valence-electron chi connectivity index (χ3n) is 3.75. The second-order valence-electron chi connectivity index (χ2n) is 4.93. The van der Waals surface area contributed by atoms with E-state index in [4.69, 9.17) is 0 Å². The maximum atomic E-state index is 4.51. The molecule has 94 valence electrons. The second-order valence-corrected chi connectivity index (χ2v) is 4.93. The highest BCUT2D eigenvalue weighted by Gasteiger charge is 2.24. The van der Waals surface area contributed by atoms with E-state index in [9.17, 15) is 0 Å². The number of nitrogens with zero attached hydrogens (tertiary/aromatic N) is 3. The van der Waals surface area contributed by atoms with Gasteiger partial charge in [-0.2, -0.15) is 5.10 Å². The highest BCUT2D eigenvalue weighted by Crippen LogP contribution is 2.34. The summed E-state index contributed by atoms with van der Waals surface area (Å²) in [6.07, 6.45) is 4.85. The van der Waals surface area contributed by atoms with Gasteiger partial charge in [0.1, 0.15) is 5.82 Å². The molecule has 4 rings (SSSR count). The smallest absolute Gasteiger partial charge is 0.157 e. The van der Waals surface area contributed by atoms with Crippen molar-refractivity contribution in [3.05, 3.63) is 59.9 Å². The van der Waals surface area contributed by atoms with Gasteiger partial charge in [0.15, 0.2) is 5.65 Å². The number of rotatable bonds is 3. The van der Waals surface area contributed by atoms with Gasteiger partial charge in [-0.1, -0.05) is 24.3 Å². The van der Waals surface area contributed by atoms with Crippen LogP contribution in [-0.2, 0) is 6.42 Å². The lowest BCUT2D eigenvalue weighted by Crippen LogP contribution is -2.24. The molecule has 1 atom stereocenters. The fourth-order valence-corrected chi connectivity index (χ4v) is 2.68. The van der Waals surface area contributed by atoms with E-state index >= 15 is 0 Å². The summed E-state index contributed by atoms with van der Waals surface area (Å²) in [4.78, 5) is 4.51. The van der Waals surface area contributed by atoms with Crippen molar-refractivity contribution in [3.8, 4) is 0 Å². The van der Waals surface area contributed by atoms with E-state index in [-0.39, 0.29) is 0 Å². The van der Waals surface area contributed by atoms with Gasteiger partial charge in [-0.15, -0.1) is 0 Å². The topological polar surface area (TPSA) is 42.2 Å². The Bertz CT molecular complexity index is 732. The molecule has 0 saturated heterocycles. The van der Waals surface area contributed by atoms with E-state index in [0.717, 1.165) is 24.4 Å². The molecule has 0 fully saturated rings. The predicted molar refractivity (Wildman–Crippen MR) is 74.4 cm³/mol. The Morgan fingerprint density at radius 1 is 1.21 bits per heavy atom. The maximum Gasteiger partial charge on any atom is 0.157 e. The standard InChI is InChI=1S/C15H14N4/c1-2-4-13-11(3-1)9-12(13)10-16-14-6-8-19-15(18-14)5-7-17-19/h1-8,12H,9-10H2,(H,16,18). The molecule has 2 heterocycles. The van der Waals surface area contributed by atoms with Gasteiger partial charge in [0.05, 0.1) is 6.20 Å². The van der Waals surface area contributed by atoms with Gasteiger partial charge >= 0.3 is 0 Å². The fourth-order valence-electron chi connectivity index (χ4n) is 2.68. The second kappa shape index (κ2) is 4.09. The van der Waals surface area contributed by atoms with Crippen LogP contribution >= 0.6 is 0 Å². The first-order chi connectivity index (χ1) is 9.40. The highest BCUT2D eigenvalue weighted by atomic mass is 15.2. The lowest BCUT2D eigenvalue weighted by atomic mass is 9.78. The van der Waals surface area contributed by atoms with Crippen LogP contribution in [0.15, 0.2) is 48.8 Å². The van der Waals surface area contributed by atoms with Gasteiger partial charge in [-0.05, 0) is 23.6 Å². The molecule has 2 aromatic heterocycles. The van der Waals surface area contributed by atoms with Gasteiger partial charge in [0.25, 0.3) is 0 Å². The fraction of sp³-hybridized carbons (Fsp3) is 0.200. The van der Waals surface area contributed by atoms with Gasteiger partial charge in [-0.3, -0.25) is 0 Å². The van der Waals surface area contributed by atoms with Crippen molar-refractivity contribution in [2.75, 3.05) is 11.9 Å². The van der Waals surface area contributed by atoms with Gasteiger partial charge < -0.3 is 5.32 Å². The molecular formula is C15H14N4. The van der Waals surface area contributed by atoms with Gasteiger partial charge in [-0.25, -0.2) is 9.50 Å². The number of anilines is 1. The summed E-state index contributed by atoms with van der Waals surface area (Å²) in [7, 11) is 0. The molecule has 0 saturated carbocycles. The molecular weight excluding hydrogens is 236 g/mol. The Labute approximate surface area is 111 Å². The summed E-state index contributed by atoms with van der Waals surface area (Å²) in [6, 6.07) is 12.5. The quantitative estimate of drug-likeness (QED) is 0.776. The number of hydrogen-bond acceptors (Lipinski definition) is 3. The molecule has 0 radical (unpaired) electrons. The Morgan fingerprint density at radius 2 is 2.16 bits per heavy atom. The third kappa shape index (κ3) is 1.76. The Balaban J connectivity index is 1.48. The maximum absolute atomic E-state index is 4.51. The van der Waals surface area contributed by atoms with Crippen LogP contribution in [0.3, 0.4) is 0 Å². The van der Waals surface area contributed by atoms with Crippen molar-refractivity contribution in [2.45, 2.75) is 12.3 Å². The average Bonchev–Trinajstić information content (AvgIpc) is 2.87. The first-order valence-corrected chi connectivity index (χ1v) is 6.52. The van der Waals surface area contributed by atoms with E-state index in [2.05, 4.69) is 39.7 Å². The molecule has 1 unspecified atom stereocenters. The molecule has 0 spiro atoms. The number of aromatic nitrogens is 3. The molecule has 19 heavy (non-hydrogen) atoms. The largest absolute Gasteiger partial charge is 0.369 e. The Hall–Kier alpha value is -2.36. The van der Waals surface area contributed by atoms with Crippen LogP contribution in [0, 0.1) is 0 Å². The zero-order valence-electron chi connectivity index (χ0n) is 10.5. The summed E-state index contributed by atoms with van der Waals surface area (Å²) in [5.41, 5.74) is 3.83. The normalized spacial score (nSPS) is 16.9. The van der Waals surface area contributed by atoms with E-state index in [0.29, 0.717) is 5.92 Å². The zero-order chi connectivity index (χ0) is 12.7.